The first-order valence-corrected chi connectivity index (χ1v) is 8.28. The van der Waals surface area contributed by atoms with E-state index in [1.54, 1.807) is 29.2 Å². The van der Waals surface area contributed by atoms with Gasteiger partial charge in [-0.05, 0) is 31.2 Å². The van der Waals surface area contributed by atoms with E-state index in [-0.39, 0.29) is 24.0 Å². The van der Waals surface area contributed by atoms with Crippen molar-refractivity contribution >= 4 is 17.5 Å². The van der Waals surface area contributed by atoms with Crippen LogP contribution in [-0.4, -0.2) is 68.3 Å². The Balaban J connectivity index is 1.59. The van der Waals surface area contributed by atoms with Crippen molar-refractivity contribution in [2.45, 2.75) is 19.1 Å². The van der Waals surface area contributed by atoms with Crippen molar-refractivity contribution in [1.82, 2.24) is 10.2 Å². The number of rotatable bonds is 3. The molecule has 2 fully saturated rings. The van der Waals surface area contributed by atoms with Gasteiger partial charge in [0.2, 0.25) is 5.91 Å². The first kappa shape index (κ1) is 16.9. The molecule has 7 nitrogen and oxygen atoms in total. The smallest absolute Gasteiger partial charge is 0.254 e. The maximum absolute atomic E-state index is 12.4. The van der Waals surface area contributed by atoms with Crippen LogP contribution in [0.4, 0.5) is 5.69 Å². The zero-order valence-corrected chi connectivity index (χ0v) is 13.8. The highest BCUT2D eigenvalue weighted by atomic mass is 16.5. The Kier molecular flexibility index (Phi) is 5.44. The van der Waals surface area contributed by atoms with Gasteiger partial charge in [0.05, 0.1) is 25.9 Å². The molecule has 7 heteroatoms. The molecular formula is C17H23N3O4. The summed E-state index contributed by atoms with van der Waals surface area (Å²) in [6.07, 6.45) is -0.166. The first-order valence-electron chi connectivity index (χ1n) is 8.28. The number of amides is 2. The van der Waals surface area contributed by atoms with Crippen molar-refractivity contribution in [2.75, 3.05) is 44.8 Å². The molecule has 130 valence electrons. The Morgan fingerprint density at radius 3 is 2.54 bits per heavy atom. The Morgan fingerprint density at radius 2 is 1.88 bits per heavy atom. The van der Waals surface area contributed by atoms with Gasteiger partial charge in [0.1, 0.15) is 6.04 Å². The van der Waals surface area contributed by atoms with Gasteiger partial charge in [0.25, 0.3) is 5.91 Å². The fourth-order valence-corrected chi connectivity index (χ4v) is 2.89. The summed E-state index contributed by atoms with van der Waals surface area (Å²) in [6.45, 7) is 5.54. The molecule has 2 amide bonds. The van der Waals surface area contributed by atoms with Gasteiger partial charge in [-0.2, -0.15) is 0 Å². The lowest BCUT2D eigenvalue weighted by Crippen LogP contribution is -2.53. The van der Waals surface area contributed by atoms with Gasteiger partial charge in [-0.25, -0.2) is 0 Å². The van der Waals surface area contributed by atoms with Crippen molar-refractivity contribution in [3.8, 4) is 0 Å². The molecule has 0 spiro atoms. The molecule has 24 heavy (non-hydrogen) atoms. The molecule has 0 unspecified atom stereocenters. The van der Waals surface area contributed by atoms with Crippen LogP contribution in [0.15, 0.2) is 24.3 Å². The van der Waals surface area contributed by atoms with Crippen molar-refractivity contribution < 1.29 is 19.1 Å². The van der Waals surface area contributed by atoms with Crippen molar-refractivity contribution in [1.29, 1.82) is 0 Å². The molecule has 1 aromatic rings. The largest absolute Gasteiger partial charge is 0.378 e. The third kappa shape index (κ3) is 3.92. The van der Waals surface area contributed by atoms with Crippen LogP contribution in [0.25, 0.3) is 0 Å². The number of carbonyl (C=O) groups excluding carboxylic acids is 2. The van der Waals surface area contributed by atoms with Crippen LogP contribution < -0.4 is 10.6 Å². The van der Waals surface area contributed by atoms with Gasteiger partial charge < -0.3 is 25.0 Å². The van der Waals surface area contributed by atoms with Crippen LogP contribution in [0, 0.1) is 0 Å². The number of benzene rings is 1. The minimum atomic E-state index is -0.367. The second-order valence-corrected chi connectivity index (χ2v) is 5.98. The van der Waals surface area contributed by atoms with Crippen LogP contribution >= 0.6 is 0 Å². The molecule has 0 aromatic heterocycles. The van der Waals surface area contributed by atoms with E-state index in [1.165, 1.54) is 0 Å². The zero-order valence-electron chi connectivity index (χ0n) is 13.8. The van der Waals surface area contributed by atoms with Gasteiger partial charge in [0, 0.05) is 30.9 Å². The van der Waals surface area contributed by atoms with Crippen molar-refractivity contribution in [2.24, 2.45) is 0 Å². The Hall–Kier alpha value is -1.96. The van der Waals surface area contributed by atoms with Crippen LogP contribution in [0.5, 0.6) is 0 Å². The predicted octanol–water partition coefficient (Wildman–Crippen LogP) is 0.474. The third-order valence-electron chi connectivity index (χ3n) is 4.30. The predicted molar refractivity (Wildman–Crippen MR) is 89.0 cm³/mol. The highest BCUT2D eigenvalue weighted by Crippen LogP contribution is 2.14. The second kappa shape index (κ2) is 7.74. The third-order valence-corrected chi connectivity index (χ3v) is 4.30. The summed E-state index contributed by atoms with van der Waals surface area (Å²) in [4.78, 5) is 26.5. The van der Waals surface area contributed by atoms with E-state index in [4.69, 9.17) is 9.47 Å². The molecule has 3 rings (SSSR count). The molecular weight excluding hydrogens is 310 g/mol. The molecule has 2 heterocycles. The number of carbonyl (C=O) groups is 2. The fourth-order valence-electron chi connectivity index (χ4n) is 2.89. The normalized spacial score (nSPS) is 24.5. The van der Waals surface area contributed by atoms with Gasteiger partial charge in [-0.15, -0.1) is 0 Å². The molecule has 2 saturated heterocycles. The van der Waals surface area contributed by atoms with E-state index < -0.39 is 0 Å². The Morgan fingerprint density at radius 1 is 1.17 bits per heavy atom. The summed E-state index contributed by atoms with van der Waals surface area (Å²) in [6, 6.07) is 6.61. The molecule has 0 aliphatic carbocycles. The van der Waals surface area contributed by atoms with E-state index in [2.05, 4.69) is 10.6 Å². The second-order valence-electron chi connectivity index (χ2n) is 5.98. The van der Waals surface area contributed by atoms with Crippen LogP contribution in [0.2, 0.25) is 0 Å². The first-order chi connectivity index (χ1) is 11.6. The monoisotopic (exact) mass is 333 g/mol. The molecule has 0 radical (unpaired) electrons. The summed E-state index contributed by atoms with van der Waals surface area (Å²) >= 11 is 0. The van der Waals surface area contributed by atoms with Crippen LogP contribution in [0.3, 0.4) is 0 Å². The summed E-state index contributed by atoms with van der Waals surface area (Å²) in [5.41, 5.74) is 1.28. The number of nitrogens with one attached hydrogen (secondary N) is 2. The highest BCUT2D eigenvalue weighted by Gasteiger charge is 2.28. The highest BCUT2D eigenvalue weighted by molar-refractivity contribution is 5.97. The molecule has 0 saturated carbocycles. The number of hydrogen-bond donors (Lipinski definition) is 2. The average molecular weight is 333 g/mol. The minimum absolute atomic E-state index is 0.00727. The van der Waals surface area contributed by atoms with E-state index in [0.717, 1.165) is 0 Å². The molecule has 2 aliphatic rings. The van der Waals surface area contributed by atoms with Gasteiger partial charge in [-0.1, -0.05) is 0 Å². The van der Waals surface area contributed by atoms with E-state index >= 15 is 0 Å². The number of ether oxygens (including phenoxy) is 2. The number of hydrogen-bond acceptors (Lipinski definition) is 5. The SMILES string of the molecule is C[C@H]1OCCN[C@@H]1C(=O)Nc1ccc(C(=O)N2CCOCC2)cc1. The van der Waals surface area contributed by atoms with Gasteiger partial charge in [-0.3, -0.25) is 9.59 Å². The van der Waals surface area contributed by atoms with Gasteiger partial charge in [0.15, 0.2) is 0 Å². The summed E-state index contributed by atoms with van der Waals surface area (Å²) in [7, 11) is 0. The zero-order chi connectivity index (χ0) is 16.9. The van der Waals surface area contributed by atoms with Crippen LogP contribution in [0.1, 0.15) is 17.3 Å². The lowest BCUT2D eigenvalue weighted by molar-refractivity contribution is -0.123. The van der Waals surface area contributed by atoms with Crippen LogP contribution in [-0.2, 0) is 14.3 Å². The maximum Gasteiger partial charge on any atom is 0.254 e. The minimum Gasteiger partial charge on any atom is -0.378 e. The summed E-state index contributed by atoms with van der Waals surface area (Å²) in [5.74, 6) is -0.137. The quantitative estimate of drug-likeness (QED) is 0.841. The summed E-state index contributed by atoms with van der Waals surface area (Å²) < 4.78 is 10.7. The summed E-state index contributed by atoms with van der Waals surface area (Å²) in [5, 5.41) is 6.01. The molecule has 2 N–H and O–H groups in total. The standard InChI is InChI=1S/C17H23N3O4/c1-12-15(18-6-9-24-12)16(21)19-14-4-2-13(3-5-14)17(22)20-7-10-23-11-8-20/h2-5,12,15,18H,6-11H2,1H3,(H,19,21)/t12-,15+/m1/s1. The van der Waals surface area contributed by atoms with E-state index in [1.807, 2.05) is 6.92 Å². The Bertz CT molecular complexity index is 584. The number of nitrogens with zero attached hydrogens (tertiary/aromatic N) is 1. The van der Waals surface area contributed by atoms with E-state index in [0.29, 0.717) is 50.7 Å². The molecule has 0 bridgehead atoms. The molecule has 1 aromatic carbocycles. The van der Waals surface area contributed by atoms with Crippen molar-refractivity contribution in [3.05, 3.63) is 29.8 Å². The van der Waals surface area contributed by atoms with Gasteiger partial charge >= 0.3 is 0 Å². The molecule has 2 aliphatic heterocycles. The lowest BCUT2D eigenvalue weighted by Gasteiger charge is -2.29. The topological polar surface area (TPSA) is 79.9 Å². The maximum atomic E-state index is 12.4. The lowest BCUT2D eigenvalue weighted by atomic mass is 10.1. The number of anilines is 1. The number of morpholine rings is 2. The average Bonchev–Trinajstić information content (AvgIpc) is 2.63. The van der Waals surface area contributed by atoms with E-state index in [9.17, 15) is 9.59 Å². The van der Waals surface area contributed by atoms with Crippen molar-refractivity contribution in [3.63, 3.8) is 0 Å². The Labute approximate surface area is 141 Å². The molecule has 2 atom stereocenters. The fraction of sp³-hybridized carbons (Fsp3) is 0.529.